The van der Waals surface area contributed by atoms with Gasteiger partial charge in [-0.3, -0.25) is 4.98 Å². The van der Waals surface area contributed by atoms with Crippen molar-refractivity contribution in [2.45, 2.75) is 12.5 Å². The van der Waals surface area contributed by atoms with Gasteiger partial charge in [-0.25, -0.2) is 0 Å². The number of halogens is 1. The second-order valence-corrected chi connectivity index (χ2v) is 5.18. The second-order valence-electron chi connectivity index (χ2n) is 4.46. The van der Waals surface area contributed by atoms with Crippen molar-refractivity contribution in [1.82, 2.24) is 4.98 Å². The molecule has 0 saturated carbocycles. The van der Waals surface area contributed by atoms with Crippen LogP contribution in [0, 0.1) is 0 Å². The highest BCUT2D eigenvalue weighted by Crippen LogP contribution is 2.25. The molecule has 0 bridgehead atoms. The Balaban J connectivity index is 1.87. The van der Waals surface area contributed by atoms with Gasteiger partial charge in [0.05, 0.1) is 11.8 Å². The average Bonchev–Trinajstić information content (AvgIpc) is 2.85. The smallest absolute Gasteiger partial charge is 0.173 e. The summed E-state index contributed by atoms with van der Waals surface area (Å²) in [5.41, 5.74) is 9.14. The molecule has 0 spiro atoms. The molecule has 2 heterocycles. The van der Waals surface area contributed by atoms with Crippen LogP contribution in [0.4, 0.5) is 0 Å². The second kappa shape index (κ2) is 5.15. The van der Waals surface area contributed by atoms with Gasteiger partial charge in [-0.15, -0.1) is 0 Å². The predicted molar refractivity (Wildman–Crippen MR) is 78.8 cm³/mol. The molecule has 3 nitrogen and oxygen atoms in total. The highest BCUT2D eigenvalue weighted by Gasteiger charge is 2.13. The summed E-state index contributed by atoms with van der Waals surface area (Å²) in [6.07, 6.45) is 2.32. The van der Waals surface area contributed by atoms with Crippen LogP contribution < -0.4 is 5.73 Å². The lowest BCUT2D eigenvalue weighted by Gasteiger charge is -2.10. The molecule has 1 unspecified atom stereocenters. The molecule has 0 saturated heterocycles. The van der Waals surface area contributed by atoms with E-state index in [-0.39, 0.29) is 6.04 Å². The quantitative estimate of drug-likeness (QED) is 0.798. The van der Waals surface area contributed by atoms with Crippen LogP contribution in [-0.2, 0) is 6.42 Å². The summed E-state index contributed by atoms with van der Waals surface area (Å²) in [6, 6.07) is 13.9. The van der Waals surface area contributed by atoms with E-state index < -0.39 is 0 Å². The van der Waals surface area contributed by atoms with Gasteiger partial charge in [-0.1, -0.05) is 24.3 Å². The van der Waals surface area contributed by atoms with Gasteiger partial charge in [0.15, 0.2) is 4.67 Å². The predicted octanol–water partition coefficient (Wildman–Crippen LogP) is 3.83. The summed E-state index contributed by atoms with van der Waals surface area (Å²) in [6.45, 7) is 0. The summed E-state index contributed by atoms with van der Waals surface area (Å²) in [5, 5.41) is 1.14. The molecule has 2 aromatic heterocycles. The van der Waals surface area contributed by atoms with E-state index in [1.54, 1.807) is 6.26 Å². The molecule has 4 heteroatoms. The number of benzene rings is 1. The van der Waals surface area contributed by atoms with E-state index in [1.807, 2.05) is 30.3 Å². The molecular formula is C15H13BrN2O. The third-order valence-electron chi connectivity index (χ3n) is 3.13. The maximum absolute atomic E-state index is 6.19. The molecule has 3 aromatic rings. The lowest BCUT2D eigenvalue weighted by Crippen LogP contribution is -2.13. The fourth-order valence-electron chi connectivity index (χ4n) is 2.13. The molecule has 0 aliphatic heterocycles. The van der Waals surface area contributed by atoms with E-state index in [0.29, 0.717) is 11.1 Å². The number of aromatic nitrogens is 1. The summed E-state index contributed by atoms with van der Waals surface area (Å²) >= 11 is 3.35. The van der Waals surface area contributed by atoms with Crippen molar-refractivity contribution in [3.8, 4) is 0 Å². The van der Waals surface area contributed by atoms with Gasteiger partial charge >= 0.3 is 0 Å². The zero-order chi connectivity index (χ0) is 13.2. The van der Waals surface area contributed by atoms with Crippen molar-refractivity contribution in [2.24, 2.45) is 5.73 Å². The normalized spacial score (nSPS) is 12.7. The van der Waals surface area contributed by atoms with E-state index >= 15 is 0 Å². The van der Waals surface area contributed by atoms with Gasteiger partial charge in [0, 0.05) is 29.1 Å². The molecule has 96 valence electrons. The Morgan fingerprint density at radius 3 is 2.79 bits per heavy atom. The number of nitrogens with two attached hydrogens (primary N) is 1. The maximum Gasteiger partial charge on any atom is 0.173 e. The number of para-hydroxylation sites is 1. The molecule has 1 aromatic carbocycles. The summed E-state index contributed by atoms with van der Waals surface area (Å²) in [5.74, 6) is 0. The maximum atomic E-state index is 6.19. The minimum absolute atomic E-state index is 0.123. The number of fused-ring (bicyclic) bond motifs is 1. The SMILES string of the molecule is NC(Cc1ccc2ccccc2n1)c1ccoc1Br. The molecule has 0 radical (unpaired) electrons. The van der Waals surface area contributed by atoms with Gasteiger partial charge < -0.3 is 10.2 Å². The van der Waals surface area contributed by atoms with Crippen LogP contribution in [-0.4, -0.2) is 4.98 Å². The van der Waals surface area contributed by atoms with Crippen molar-refractivity contribution < 1.29 is 4.42 Å². The van der Waals surface area contributed by atoms with Gasteiger partial charge in [0.2, 0.25) is 0 Å². The molecule has 19 heavy (non-hydrogen) atoms. The molecule has 0 aliphatic rings. The molecule has 1 atom stereocenters. The Morgan fingerprint density at radius 2 is 2.00 bits per heavy atom. The van der Waals surface area contributed by atoms with E-state index in [1.165, 1.54) is 0 Å². The lowest BCUT2D eigenvalue weighted by atomic mass is 10.1. The van der Waals surface area contributed by atoms with Crippen molar-refractivity contribution >= 4 is 26.8 Å². The minimum atomic E-state index is -0.123. The zero-order valence-electron chi connectivity index (χ0n) is 10.2. The molecule has 0 fully saturated rings. The fraction of sp³-hybridized carbons (Fsp3) is 0.133. The molecule has 2 N–H and O–H groups in total. The Morgan fingerprint density at radius 1 is 1.16 bits per heavy atom. The van der Waals surface area contributed by atoms with Crippen molar-refractivity contribution in [1.29, 1.82) is 0 Å². The van der Waals surface area contributed by atoms with Crippen molar-refractivity contribution in [3.05, 3.63) is 64.7 Å². The number of pyridine rings is 1. The molecule has 0 aliphatic carbocycles. The monoisotopic (exact) mass is 316 g/mol. The first-order valence-corrected chi connectivity index (χ1v) is 6.86. The first-order valence-electron chi connectivity index (χ1n) is 6.07. The van der Waals surface area contributed by atoms with Gasteiger partial charge in [-0.05, 0) is 34.1 Å². The third kappa shape index (κ3) is 2.55. The molecule has 3 rings (SSSR count). The first kappa shape index (κ1) is 12.4. The van der Waals surface area contributed by atoms with E-state index in [0.717, 1.165) is 22.2 Å². The molecular weight excluding hydrogens is 304 g/mol. The van der Waals surface area contributed by atoms with Crippen LogP contribution in [0.15, 0.2) is 57.8 Å². The van der Waals surface area contributed by atoms with Gasteiger partial charge in [0.25, 0.3) is 0 Å². The van der Waals surface area contributed by atoms with Crippen molar-refractivity contribution in [3.63, 3.8) is 0 Å². The standard InChI is InChI=1S/C15H13BrN2O/c16-15-12(7-8-19-15)13(17)9-11-6-5-10-3-1-2-4-14(10)18-11/h1-8,13H,9,17H2. The van der Waals surface area contributed by atoms with Gasteiger partial charge in [0.1, 0.15) is 0 Å². The number of rotatable bonds is 3. The summed E-state index contributed by atoms with van der Waals surface area (Å²) in [7, 11) is 0. The average molecular weight is 317 g/mol. The fourth-order valence-corrected chi connectivity index (χ4v) is 2.66. The Hall–Kier alpha value is -1.65. The van der Waals surface area contributed by atoms with Crippen molar-refractivity contribution in [2.75, 3.05) is 0 Å². The van der Waals surface area contributed by atoms with Crippen LogP contribution in [0.2, 0.25) is 0 Å². The van der Waals surface area contributed by atoms with E-state index in [4.69, 9.17) is 10.2 Å². The lowest BCUT2D eigenvalue weighted by molar-refractivity contribution is 0.530. The van der Waals surface area contributed by atoms with E-state index in [9.17, 15) is 0 Å². The summed E-state index contributed by atoms with van der Waals surface area (Å²) < 4.78 is 5.91. The minimum Gasteiger partial charge on any atom is -0.457 e. The topological polar surface area (TPSA) is 52.0 Å². The largest absolute Gasteiger partial charge is 0.457 e. The highest BCUT2D eigenvalue weighted by molar-refractivity contribution is 9.10. The van der Waals surface area contributed by atoms with Crippen LogP contribution in [0.25, 0.3) is 10.9 Å². The number of furan rings is 1. The zero-order valence-corrected chi connectivity index (χ0v) is 11.8. The number of hydrogen-bond acceptors (Lipinski definition) is 3. The summed E-state index contributed by atoms with van der Waals surface area (Å²) in [4.78, 5) is 4.63. The Bertz CT molecular complexity index is 708. The highest BCUT2D eigenvalue weighted by atomic mass is 79.9. The van der Waals surface area contributed by atoms with E-state index in [2.05, 4.69) is 33.0 Å². The van der Waals surface area contributed by atoms with Crippen LogP contribution in [0.1, 0.15) is 17.3 Å². The molecule has 0 amide bonds. The Labute approximate surface area is 119 Å². The van der Waals surface area contributed by atoms with Crippen LogP contribution >= 0.6 is 15.9 Å². The van der Waals surface area contributed by atoms with Gasteiger partial charge in [-0.2, -0.15) is 0 Å². The number of nitrogens with zero attached hydrogens (tertiary/aromatic N) is 1. The third-order valence-corrected chi connectivity index (χ3v) is 3.78. The van der Waals surface area contributed by atoms with Crippen LogP contribution in [0.3, 0.4) is 0 Å². The first-order chi connectivity index (χ1) is 9.24. The number of hydrogen-bond donors (Lipinski definition) is 1. The van der Waals surface area contributed by atoms with Crippen LogP contribution in [0.5, 0.6) is 0 Å². The Kier molecular flexibility index (Phi) is 3.36.